The van der Waals surface area contributed by atoms with Crippen LogP contribution in [0.25, 0.3) is 0 Å². The third-order valence-corrected chi connectivity index (χ3v) is 11.1. The Labute approximate surface area is 268 Å². The van der Waals surface area contributed by atoms with Crippen molar-refractivity contribution in [2.45, 2.75) is 163 Å². The highest BCUT2D eigenvalue weighted by atomic mass is 32.2. The molecule has 1 rings (SSSR count). The van der Waals surface area contributed by atoms with Gasteiger partial charge in [0.05, 0.1) is 6.67 Å². The molecule has 4 nitrogen and oxygen atoms in total. The average molecular weight is 610 g/mol. The van der Waals surface area contributed by atoms with E-state index in [1.807, 2.05) is 0 Å². The van der Waals surface area contributed by atoms with Gasteiger partial charge < -0.3 is 9.80 Å². The summed E-state index contributed by atoms with van der Waals surface area (Å²) in [6.07, 6.45) is 20.8. The first-order chi connectivity index (χ1) is 20.4. The lowest BCUT2D eigenvalue weighted by Crippen LogP contribution is -2.44. The molecule has 0 bridgehead atoms. The first-order valence-corrected chi connectivity index (χ1v) is 19.6. The fourth-order valence-electron chi connectivity index (χ4n) is 6.86. The summed E-state index contributed by atoms with van der Waals surface area (Å²) in [7, 11) is 0. The minimum atomic E-state index is 0.323. The number of hydrogen-bond acceptors (Lipinski definition) is 4. The minimum Gasteiger partial charge on any atom is -0.319 e. The quantitative estimate of drug-likeness (QED) is 0.0881. The van der Waals surface area contributed by atoms with Crippen LogP contribution in [-0.4, -0.2) is 71.1 Å². The highest BCUT2D eigenvalue weighted by Crippen LogP contribution is 2.29. The summed E-state index contributed by atoms with van der Waals surface area (Å²) in [5.41, 5.74) is 0. The molecule has 0 aliphatic carbocycles. The molecule has 0 spiro atoms. The van der Waals surface area contributed by atoms with Crippen LogP contribution in [0, 0.1) is 23.7 Å². The highest BCUT2D eigenvalue weighted by Gasteiger charge is 2.34. The molecule has 0 aromatic heterocycles. The Balaban J connectivity index is 2.97. The van der Waals surface area contributed by atoms with Crippen molar-refractivity contribution >= 4 is 17.0 Å². The Morgan fingerprint density at radius 3 is 1.31 bits per heavy atom. The van der Waals surface area contributed by atoms with Crippen LogP contribution in [0.4, 0.5) is 4.79 Å². The topological polar surface area (TPSA) is 26.8 Å². The molecule has 1 saturated heterocycles. The molecule has 5 unspecified atom stereocenters. The zero-order valence-corrected chi connectivity index (χ0v) is 30.6. The number of carbonyl (C=O) groups is 1. The van der Waals surface area contributed by atoms with Gasteiger partial charge in [0.1, 0.15) is 0 Å². The van der Waals surface area contributed by atoms with Crippen LogP contribution in [0.2, 0.25) is 0 Å². The predicted molar refractivity (Wildman–Crippen MR) is 190 cm³/mol. The normalized spacial score (nSPS) is 18.8. The van der Waals surface area contributed by atoms with Crippen molar-refractivity contribution in [1.29, 1.82) is 0 Å². The molecule has 250 valence electrons. The molecule has 42 heavy (non-hydrogen) atoms. The molecule has 0 aromatic rings. The highest BCUT2D eigenvalue weighted by molar-refractivity contribution is 8.14. The summed E-state index contributed by atoms with van der Waals surface area (Å²) in [4.78, 5) is 21.1. The van der Waals surface area contributed by atoms with Crippen LogP contribution in [0.5, 0.6) is 0 Å². The Hall–Kier alpha value is -0.260. The second-order valence-corrected chi connectivity index (χ2v) is 15.0. The summed E-state index contributed by atoms with van der Waals surface area (Å²) in [5.74, 6) is 3.05. The number of nitrogens with zero attached hydrogens (tertiary/aromatic N) is 3. The van der Waals surface area contributed by atoms with Gasteiger partial charge in [-0.05, 0) is 49.4 Å². The maximum Gasteiger partial charge on any atom is 0.283 e. The van der Waals surface area contributed by atoms with Gasteiger partial charge in [-0.1, -0.05) is 144 Å². The van der Waals surface area contributed by atoms with Crippen molar-refractivity contribution in [1.82, 2.24) is 14.7 Å². The van der Waals surface area contributed by atoms with Gasteiger partial charge in [-0.25, -0.2) is 0 Å². The molecule has 0 N–H and O–H groups in total. The van der Waals surface area contributed by atoms with Crippen LogP contribution in [0.1, 0.15) is 158 Å². The van der Waals surface area contributed by atoms with Gasteiger partial charge >= 0.3 is 0 Å². The largest absolute Gasteiger partial charge is 0.319 e. The van der Waals surface area contributed by atoms with E-state index in [4.69, 9.17) is 0 Å². The molecule has 5 heteroatoms. The summed E-state index contributed by atoms with van der Waals surface area (Å²) in [6, 6.07) is 0. The summed E-state index contributed by atoms with van der Waals surface area (Å²) in [6.45, 7) is 26.3. The maximum absolute atomic E-state index is 13.4. The van der Waals surface area contributed by atoms with E-state index in [-0.39, 0.29) is 0 Å². The van der Waals surface area contributed by atoms with Crippen molar-refractivity contribution in [2.24, 2.45) is 23.7 Å². The molecule has 0 radical (unpaired) electrons. The van der Waals surface area contributed by atoms with Crippen LogP contribution in [0.3, 0.4) is 0 Å². The lowest BCUT2D eigenvalue weighted by molar-refractivity contribution is 0.114. The number of unbranched alkanes of at least 4 members (excludes halogenated alkanes) is 4. The van der Waals surface area contributed by atoms with Crippen LogP contribution < -0.4 is 0 Å². The van der Waals surface area contributed by atoms with E-state index in [0.29, 0.717) is 10.5 Å². The van der Waals surface area contributed by atoms with Gasteiger partial charge in [-0.15, -0.1) is 0 Å². The third-order valence-electron chi connectivity index (χ3n) is 10.0. The standard InChI is InChI=1S/C37H75N3OS/c1-9-17-21-32(13-5)25-38(26-33(14-6)22-18-10-2)29-36-30-40(37(41)42-36)31-39(27-34(15-7)23-19-11-3)28-35(16-8)24-20-12-4/h32-36H,9-31H2,1-8H3. The van der Waals surface area contributed by atoms with E-state index in [1.165, 1.54) is 116 Å². The van der Waals surface area contributed by atoms with Gasteiger partial charge in [0.25, 0.3) is 5.24 Å². The second kappa shape index (κ2) is 25.0. The number of hydrogen-bond donors (Lipinski definition) is 0. The first kappa shape index (κ1) is 39.8. The lowest BCUT2D eigenvalue weighted by Gasteiger charge is -2.34. The Morgan fingerprint density at radius 2 is 0.976 bits per heavy atom. The number of rotatable bonds is 28. The molecule has 1 aliphatic rings. The van der Waals surface area contributed by atoms with E-state index < -0.39 is 0 Å². The monoisotopic (exact) mass is 610 g/mol. The zero-order chi connectivity index (χ0) is 31.2. The fourth-order valence-corrected chi connectivity index (χ4v) is 7.96. The third kappa shape index (κ3) is 16.7. The smallest absolute Gasteiger partial charge is 0.283 e. The maximum atomic E-state index is 13.4. The zero-order valence-electron chi connectivity index (χ0n) is 29.8. The summed E-state index contributed by atoms with van der Waals surface area (Å²) >= 11 is 1.64. The average Bonchev–Trinajstić information content (AvgIpc) is 3.34. The molecule has 1 heterocycles. The SMILES string of the molecule is CCCCC(CC)CN(CC(CC)CCCC)CC1CN(CN(CC(CC)CCCC)CC(CC)CCCC)C(=O)S1. The molecule has 1 amide bonds. The van der Waals surface area contributed by atoms with Gasteiger partial charge in [0.2, 0.25) is 0 Å². The van der Waals surface area contributed by atoms with Gasteiger partial charge in [-0.2, -0.15) is 0 Å². The number of amides is 1. The molecular formula is C37H75N3OS. The molecule has 0 aromatic carbocycles. The molecule has 1 fully saturated rings. The van der Waals surface area contributed by atoms with E-state index in [2.05, 4.69) is 70.1 Å². The van der Waals surface area contributed by atoms with E-state index in [0.717, 1.165) is 56.5 Å². The van der Waals surface area contributed by atoms with Crippen molar-refractivity contribution in [3.8, 4) is 0 Å². The number of thioether (sulfide) groups is 1. The van der Waals surface area contributed by atoms with Gasteiger partial charge in [-0.3, -0.25) is 9.69 Å². The van der Waals surface area contributed by atoms with Crippen molar-refractivity contribution in [3.05, 3.63) is 0 Å². The number of carbonyl (C=O) groups excluding carboxylic acids is 1. The fraction of sp³-hybridized carbons (Fsp3) is 0.973. The predicted octanol–water partition coefficient (Wildman–Crippen LogP) is 11.0. The van der Waals surface area contributed by atoms with Crippen molar-refractivity contribution < 1.29 is 4.79 Å². The van der Waals surface area contributed by atoms with Gasteiger partial charge in [0, 0.05) is 44.5 Å². The second-order valence-electron chi connectivity index (χ2n) is 13.8. The first-order valence-electron chi connectivity index (χ1n) is 18.8. The van der Waals surface area contributed by atoms with Crippen molar-refractivity contribution in [3.63, 3.8) is 0 Å². The molecular weight excluding hydrogens is 534 g/mol. The van der Waals surface area contributed by atoms with E-state index in [1.54, 1.807) is 11.8 Å². The summed E-state index contributed by atoms with van der Waals surface area (Å²) in [5, 5.41) is 0.722. The van der Waals surface area contributed by atoms with E-state index >= 15 is 0 Å². The Kier molecular flexibility index (Phi) is 23.7. The minimum absolute atomic E-state index is 0.323. The van der Waals surface area contributed by atoms with Crippen LogP contribution in [0.15, 0.2) is 0 Å². The summed E-state index contributed by atoms with van der Waals surface area (Å²) < 4.78 is 0. The molecule has 5 atom stereocenters. The van der Waals surface area contributed by atoms with Crippen LogP contribution in [-0.2, 0) is 0 Å². The van der Waals surface area contributed by atoms with Gasteiger partial charge in [0.15, 0.2) is 0 Å². The van der Waals surface area contributed by atoms with Crippen molar-refractivity contribution in [2.75, 3.05) is 45.9 Å². The molecule has 0 saturated carbocycles. The van der Waals surface area contributed by atoms with E-state index in [9.17, 15) is 4.79 Å². The Bertz CT molecular complexity index is 611. The Morgan fingerprint density at radius 1 is 0.619 bits per heavy atom. The van der Waals surface area contributed by atoms with Crippen LogP contribution >= 0.6 is 11.8 Å². The lowest BCUT2D eigenvalue weighted by atomic mass is 9.95. The molecule has 1 aliphatic heterocycles.